The van der Waals surface area contributed by atoms with Crippen molar-refractivity contribution in [3.8, 4) is 0 Å². The molecule has 0 fully saturated rings. The van der Waals surface area contributed by atoms with Crippen LogP contribution in [0.15, 0.2) is 78.9 Å². The predicted molar refractivity (Wildman–Crippen MR) is 120 cm³/mol. The number of nitrogens with zero attached hydrogens (tertiary/aromatic N) is 1. The number of halogens is 2. The van der Waals surface area contributed by atoms with Crippen LogP contribution in [0.5, 0.6) is 0 Å². The summed E-state index contributed by atoms with van der Waals surface area (Å²) in [5.74, 6) is -0.413. The lowest BCUT2D eigenvalue weighted by atomic mass is 10.0. The summed E-state index contributed by atoms with van der Waals surface area (Å²) in [4.78, 5) is 27.9. The molecule has 0 heterocycles. The third-order valence-corrected chi connectivity index (χ3v) is 5.28. The second-order valence-corrected chi connectivity index (χ2v) is 7.75. The molecule has 0 aromatic heterocycles. The average Bonchev–Trinajstić information content (AvgIpc) is 2.76. The van der Waals surface area contributed by atoms with E-state index in [1.807, 2.05) is 54.6 Å². The van der Waals surface area contributed by atoms with Crippen molar-refractivity contribution in [1.82, 2.24) is 10.2 Å². The van der Waals surface area contributed by atoms with E-state index >= 15 is 0 Å². The molecule has 154 valence electrons. The minimum Gasteiger partial charge on any atom is -0.357 e. The van der Waals surface area contributed by atoms with Gasteiger partial charge in [-0.15, -0.1) is 0 Å². The van der Waals surface area contributed by atoms with Gasteiger partial charge in [-0.25, -0.2) is 0 Å². The maximum Gasteiger partial charge on any atom is 0.247 e. The van der Waals surface area contributed by atoms with Crippen molar-refractivity contribution in [2.75, 3.05) is 7.05 Å². The van der Waals surface area contributed by atoms with E-state index in [4.69, 9.17) is 23.2 Å². The van der Waals surface area contributed by atoms with E-state index in [-0.39, 0.29) is 24.8 Å². The first-order chi connectivity index (χ1) is 14.5. The van der Waals surface area contributed by atoms with Gasteiger partial charge in [0, 0.05) is 23.6 Å². The van der Waals surface area contributed by atoms with Crippen LogP contribution >= 0.6 is 23.2 Å². The van der Waals surface area contributed by atoms with E-state index in [1.54, 1.807) is 36.2 Å². The Morgan fingerprint density at radius 3 is 1.90 bits per heavy atom. The number of hydrogen-bond donors (Lipinski definition) is 1. The highest BCUT2D eigenvalue weighted by atomic mass is 35.5. The summed E-state index contributed by atoms with van der Waals surface area (Å²) in [6, 6.07) is 22.9. The van der Waals surface area contributed by atoms with E-state index in [2.05, 4.69) is 5.32 Å². The first-order valence-corrected chi connectivity index (χ1v) is 10.3. The monoisotopic (exact) mass is 440 g/mol. The van der Waals surface area contributed by atoms with Gasteiger partial charge in [-0.2, -0.15) is 0 Å². The number of rotatable bonds is 7. The van der Waals surface area contributed by atoms with Crippen LogP contribution in [-0.4, -0.2) is 23.8 Å². The Hall–Kier alpha value is -2.82. The van der Waals surface area contributed by atoms with Gasteiger partial charge in [-0.1, -0.05) is 77.8 Å². The molecule has 0 saturated carbocycles. The summed E-state index contributed by atoms with van der Waals surface area (Å²) in [7, 11) is 1.57. The highest BCUT2D eigenvalue weighted by Crippen LogP contribution is 2.25. The summed E-state index contributed by atoms with van der Waals surface area (Å²) in [6.07, 6.45) is 0.158. The van der Waals surface area contributed by atoms with Crippen molar-refractivity contribution in [2.45, 2.75) is 19.0 Å². The molecule has 0 aliphatic rings. The maximum atomic E-state index is 13.4. The minimum atomic E-state index is -0.758. The van der Waals surface area contributed by atoms with Crippen LogP contribution in [0.2, 0.25) is 10.0 Å². The standard InChI is InChI=1S/C24H22Cl2N2O2/c1-27-24(30)23(19-5-3-2-4-6-19)28(16-18-9-13-21(26)14-10-18)22(29)15-17-7-11-20(25)12-8-17/h2-14,23H,15-16H2,1H3,(H,27,30). The summed E-state index contributed by atoms with van der Waals surface area (Å²) in [6.45, 7) is 0.274. The molecule has 6 heteroatoms. The molecule has 1 N–H and O–H groups in total. The molecule has 0 radical (unpaired) electrons. The fraction of sp³-hybridized carbons (Fsp3) is 0.167. The first kappa shape index (κ1) is 21.9. The van der Waals surface area contributed by atoms with Gasteiger partial charge in [0.2, 0.25) is 11.8 Å². The van der Waals surface area contributed by atoms with Gasteiger partial charge in [0.25, 0.3) is 0 Å². The summed E-state index contributed by atoms with van der Waals surface area (Å²) in [5, 5.41) is 3.92. The summed E-state index contributed by atoms with van der Waals surface area (Å²) >= 11 is 12.0. The van der Waals surface area contributed by atoms with Crippen LogP contribution in [-0.2, 0) is 22.6 Å². The van der Waals surface area contributed by atoms with Gasteiger partial charge in [0.1, 0.15) is 6.04 Å². The molecule has 0 saturated heterocycles. The van der Waals surface area contributed by atoms with Gasteiger partial charge >= 0.3 is 0 Å². The SMILES string of the molecule is CNC(=O)C(c1ccccc1)N(Cc1ccc(Cl)cc1)C(=O)Cc1ccc(Cl)cc1. The smallest absolute Gasteiger partial charge is 0.247 e. The Morgan fingerprint density at radius 1 is 0.833 bits per heavy atom. The Balaban J connectivity index is 1.97. The van der Waals surface area contributed by atoms with E-state index in [1.165, 1.54) is 0 Å². The highest BCUT2D eigenvalue weighted by molar-refractivity contribution is 6.30. The molecule has 2 amide bonds. The fourth-order valence-electron chi connectivity index (χ4n) is 3.23. The topological polar surface area (TPSA) is 49.4 Å². The Labute approximate surface area is 186 Å². The first-order valence-electron chi connectivity index (χ1n) is 9.53. The van der Waals surface area contributed by atoms with Crippen LogP contribution in [0.1, 0.15) is 22.7 Å². The second-order valence-electron chi connectivity index (χ2n) is 6.88. The van der Waals surface area contributed by atoms with Gasteiger partial charge in [-0.3, -0.25) is 9.59 Å². The van der Waals surface area contributed by atoms with Crippen molar-refractivity contribution < 1.29 is 9.59 Å². The Bertz CT molecular complexity index is 990. The van der Waals surface area contributed by atoms with Gasteiger partial charge < -0.3 is 10.2 Å². The number of nitrogens with one attached hydrogen (secondary N) is 1. The van der Waals surface area contributed by atoms with Crippen molar-refractivity contribution in [2.24, 2.45) is 0 Å². The van der Waals surface area contributed by atoms with Crippen LogP contribution in [0.3, 0.4) is 0 Å². The minimum absolute atomic E-state index is 0.158. The number of benzene rings is 3. The van der Waals surface area contributed by atoms with E-state index < -0.39 is 6.04 Å². The quantitative estimate of drug-likeness (QED) is 0.558. The number of amides is 2. The molecule has 3 aromatic rings. The summed E-state index contributed by atoms with van der Waals surface area (Å²) < 4.78 is 0. The molecule has 4 nitrogen and oxygen atoms in total. The number of carbonyl (C=O) groups is 2. The molecular formula is C24H22Cl2N2O2. The maximum absolute atomic E-state index is 13.4. The lowest BCUT2D eigenvalue weighted by Gasteiger charge is -2.31. The molecule has 3 rings (SSSR count). The van der Waals surface area contributed by atoms with Crippen molar-refractivity contribution in [3.05, 3.63) is 106 Å². The van der Waals surface area contributed by atoms with Gasteiger partial charge in [0.05, 0.1) is 6.42 Å². The zero-order valence-electron chi connectivity index (χ0n) is 16.5. The van der Waals surface area contributed by atoms with E-state index in [9.17, 15) is 9.59 Å². The third kappa shape index (κ3) is 5.62. The second kappa shape index (κ2) is 10.3. The zero-order chi connectivity index (χ0) is 21.5. The normalized spacial score (nSPS) is 11.6. The van der Waals surface area contributed by atoms with Crippen molar-refractivity contribution >= 4 is 35.0 Å². The molecule has 0 bridgehead atoms. The van der Waals surface area contributed by atoms with Crippen molar-refractivity contribution in [3.63, 3.8) is 0 Å². The van der Waals surface area contributed by atoms with Crippen LogP contribution in [0.4, 0.5) is 0 Å². The van der Waals surface area contributed by atoms with Gasteiger partial charge in [-0.05, 0) is 41.0 Å². The largest absolute Gasteiger partial charge is 0.357 e. The number of hydrogen-bond acceptors (Lipinski definition) is 2. The van der Waals surface area contributed by atoms with E-state index in [0.717, 1.165) is 16.7 Å². The number of carbonyl (C=O) groups excluding carboxylic acids is 2. The van der Waals surface area contributed by atoms with Crippen LogP contribution in [0, 0.1) is 0 Å². The Kier molecular flexibility index (Phi) is 7.50. The molecule has 3 aromatic carbocycles. The molecule has 1 atom stereocenters. The third-order valence-electron chi connectivity index (χ3n) is 4.78. The molecule has 1 unspecified atom stereocenters. The zero-order valence-corrected chi connectivity index (χ0v) is 18.0. The predicted octanol–water partition coefficient (Wildman–Crippen LogP) is 5.05. The summed E-state index contributed by atoms with van der Waals surface area (Å²) in [5.41, 5.74) is 2.46. The van der Waals surface area contributed by atoms with E-state index in [0.29, 0.717) is 10.0 Å². The lowest BCUT2D eigenvalue weighted by Crippen LogP contribution is -2.43. The average molecular weight is 441 g/mol. The van der Waals surface area contributed by atoms with Crippen molar-refractivity contribution in [1.29, 1.82) is 0 Å². The fourth-order valence-corrected chi connectivity index (χ4v) is 3.49. The molecule has 0 aliphatic carbocycles. The van der Waals surface area contributed by atoms with Crippen LogP contribution in [0.25, 0.3) is 0 Å². The molecule has 0 aliphatic heterocycles. The van der Waals surface area contributed by atoms with Crippen LogP contribution < -0.4 is 5.32 Å². The van der Waals surface area contributed by atoms with Gasteiger partial charge in [0.15, 0.2) is 0 Å². The molecule has 30 heavy (non-hydrogen) atoms. The molecule has 0 spiro atoms. The highest BCUT2D eigenvalue weighted by Gasteiger charge is 2.30. The Morgan fingerprint density at radius 2 is 1.37 bits per heavy atom. The lowest BCUT2D eigenvalue weighted by molar-refractivity contribution is -0.141. The number of likely N-dealkylation sites (N-methyl/N-ethyl adjacent to an activating group) is 1. The molecular weight excluding hydrogens is 419 g/mol.